The van der Waals surface area contributed by atoms with Gasteiger partial charge in [0.15, 0.2) is 0 Å². The summed E-state index contributed by atoms with van der Waals surface area (Å²) in [6.45, 7) is 6.22. The van der Waals surface area contributed by atoms with Crippen LogP contribution in [0.5, 0.6) is 0 Å². The van der Waals surface area contributed by atoms with E-state index in [0.29, 0.717) is 32.5 Å². The topological polar surface area (TPSA) is 59.1 Å². The summed E-state index contributed by atoms with van der Waals surface area (Å²) < 4.78 is 10.6. The molecule has 0 aromatic rings. The molecule has 0 aliphatic carbocycles. The highest BCUT2D eigenvalue weighted by Crippen LogP contribution is 2.34. The Morgan fingerprint density at radius 1 is 1.43 bits per heavy atom. The summed E-state index contributed by atoms with van der Waals surface area (Å²) >= 11 is 0. The third kappa shape index (κ3) is 3.48. The van der Waals surface area contributed by atoms with Crippen molar-refractivity contribution in [2.75, 3.05) is 33.4 Å². The normalized spacial score (nSPS) is 22.5. The molecule has 6 heteroatoms. The van der Waals surface area contributed by atoms with E-state index in [9.17, 15) is 9.59 Å². The summed E-state index contributed by atoms with van der Waals surface area (Å²) in [5.41, 5.74) is -0.400. The lowest BCUT2D eigenvalue weighted by Crippen LogP contribution is -2.49. The summed E-state index contributed by atoms with van der Waals surface area (Å²) in [4.78, 5) is 27.5. The van der Waals surface area contributed by atoms with E-state index in [-0.39, 0.29) is 24.6 Å². The minimum atomic E-state index is -0.400. The van der Waals surface area contributed by atoms with E-state index in [1.54, 1.807) is 4.90 Å². The van der Waals surface area contributed by atoms with Crippen molar-refractivity contribution in [1.82, 2.24) is 9.80 Å². The van der Waals surface area contributed by atoms with Crippen LogP contribution in [0, 0.1) is 0 Å². The predicted molar refractivity (Wildman–Crippen MR) is 78.0 cm³/mol. The maximum Gasteiger partial charge on any atom is 0.410 e. The number of piperidine rings is 1. The number of ether oxygens (including phenoxy) is 2. The second-order valence-corrected chi connectivity index (χ2v) is 6.13. The summed E-state index contributed by atoms with van der Waals surface area (Å²) in [5, 5.41) is 0. The van der Waals surface area contributed by atoms with Crippen LogP contribution >= 0.6 is 0 Å². The molecule has 2 saturated heterocycles. The maximum absolute atomic E-state index is 12.1. The number of nitrogens with zero attached hydrogens (tertiary/aromatic N) is 2. The van der Waals surface area contributed by atoms with Gasteiger partial charge >= 0.3 is 6.09 Å². The van der Waals surface area contributed by atoms with Gasteiger partial charge in [-0.25, -0.2) is 4.79 Å². The number of methoxy groups -OCH3 is 1. The van der Waals surface area contributed by atoms with Gasteiger partial charge in [0.1, 0.15) is 12.2 Å². The van der Waals surface area contributed by atoms with E-state index >= 15 is 0 Å². The molecule has 120 valence electrons. The van der Waals surface area contributed by atoms with Gasteiger partial charge in [-0.05, 0) is 13.3 Å². The van der Waals surface area contributed by atoms with Crippen LogP contribution in [0.25, 0.3) is 0 Å². The molecule has 21 heavy (non-hydrogen) atoms. The van der Waals surface area contributed by atoms with Gasteiger partial charge in [0.25, 0.3) is 0 Å². The molecule has 0 N–H and O–H groups in total. The Kier molecular flexibility index (Phi) is 5.08. The Hall–Kier alpha value is -1.30. The van der Waals surface area contributed by atoms with Gasteiger partial charge in [0.05, 0.1) is 6.54 Å². The van der Waals surface area contributed by atoms with E-state index in [1.807, 2.05) is 4.90 Å². The van der Waals surface area contributed by atoms with E-state index < -0.39 is 5.60 Å². The SMILES string of the molecule is CCCC(C)N1CC2(CCN(C(=O)COC)CC2)OC1=O. The molecule has 2 amide bonds. The van der Waals surface area contributed by atoms with Crippen molar-refractivity contribution in [2.24, 2.45) is 0 Å². The van der Waals surface area contributed by atoms with Crippen molar-refractivity contribution in [3.63, 3.8) is 0 Å². The van der Waals surface area contributed by atoms with Gasteiger partial charge < -0.3 is 19.3 Å². The summed E-state index contributed by atoms with van der Waals surface area (Å²) in [6, 6.07) is 0.218. The lowest BCUT2D eigenvalue weighted by molar-refractivity contribution is -0.138. The monoisotopic (exact) mass is 298 g/mol. The second-order valence-electron chi connectivity index (χ2n) is 6.13. The fourth-order valence-electron chi connectivity index (χ4n) is 3.20. The molecule has 0 aromatic heterocycles. The Morgan fingerprint density at radius 3 is 2.67 bits per heavy atom. The van der Waals surface area contributed by atoms with Crippen molar-refractivity contribution in [3.05, 3.63) is 0 Å². The number of rotatable bonds is 5. The number of hydrogen-bond acceptors (Lipinski definition) is 4. The van der Waals surface area contributed by atoms with E-state index in [0.717, 1.165) is 12.8 Å². The Balaban J connectivity index is 1.92. The molecule has 2 aliphatic heterocycles. The first-order valence-electron chi connectivity index (χ1n) is 7.77. The predicted octanol–water partition coefficient (Wildman–Crippen LogP) is 1.63. The van der Waals surface area contributed by atoms with Gasteiger partial charge in [-0.2, -0.15) is 0 Å². The van der Waals surface area contributed by atoms with Crippen molar-refractivity contribution < 1.29 is 19.1 Å². The largest absolute Gasteiger partial charge is 0.441 e. The zero-order valence-corrected chi connectivity index (χ0v) is 13.3. The second kappa shape index (κ2) is 6.64. The zero-order chi connectivity index (χ0) is 15.5. The maximum atomic E-state index is 12.1. The standard InChI is InChI=1S/C15H26N2O4/c1-4-5-12(2)17-11-15(21-14(17)19)6-8-16(9-7-15)13(18)10-20-3/h12H,4-11H2,1-3H3. The lowest BCUT2D eigenvalue weighted by atomic mass is 9.91. The summed E-state index contributed by atoms with van der Waals surface area (Å²) in [5.74, 6) is 0.00730. The molecule has 2 rings (SSSR count). The molecule has 1 spiro atoms. The van der Waals surface area contributed by atoms with Crippen LogP contribution in [0.1, 0.15) is 39.5 Å². The highest BCUT2D eigenvalue weighted by molar-refractivity contribution is 5.77. The highest BCUT2D eigenvalue weighted by Gasteiger charge is 2.48. The number of hydrogen-bond donors (Lipinski definition) is 0. The van der Waals surface area contributed by atoms with Crippen LogP contribution in [0.4, 0.5) is 4.79 Å². The lowest BCUT2D eigenvalue weighted by Gasteiger charge is -2.37. The van der Waals surface area contributed by atoms with Crippen LogP contribution in [-0.2, 0) is 14.3 Å². The summed E-state index contributed by atoms with van der Waals surface area (Å²) in [6.07, 6.45) is 3.26. The smallest absolute Gasteiger partial charge is 0.410 e. The Morgan fingerprint density at radius 2 is 2.10 bits per heavy atom. The molecular formula is C15H26N2O4. The first-order chi connectivity index (χ1) is 10.0. The van der Waals surface area contributed by atoms with Crippen LogP contribution in [-0.4, -0.2) is 66.8 Å². The first kappa shape index (κ1) is 16.1. The third-order valence-electron chi connectivity index (χ3n) is 4.53. The molecule has 2 aliphatic rings. The average Bonchev–Trinajstić information content (AvgIpc) is 2.77. The Bertz CT molecular complexity index is 391. The number of likely N-dealkylation sites (tertiary alicyclic amines) is 1. The third-order valence-corrected chi connectivity index (χ3v) is 4.53. The van der Waals surface area contributed by atoms with Crippen molar-refractivity contribution >= 4 is 12.0 Å². The average molecular weight is 298 g/mol. The van der Waals surface area contributed by atoms with Gasteiger partial charge in [-0.1, -0.05) is 13.3 Å². The molecule has 1 unspecified atom stereocenters. The van der Waals surface area contributed by atoms with Crippen molar-refractivity contribution in [2.45, 2.75) is 51.2 Å². The van der Waals surface area contributed by atoms with E-state index in [2.05, 4.69) is 13.8 Å². The molecule has 6 nitrogen and oxygen atoms in total. The Labute approximate surface area is 126 Å². The summed E-state index contributed by atoms with van der Waals surface area (Å²) in [7, 11) is 1.52. The minimum Gasteiger partial charge on any atom is -0.441 e. The number of carbonyl (C=O) groups is 2. The highest BCUT2D eigenvalue weighted by atomic mass is 16.6. The molecule has 2 heterocycles. The van der Waals surface area contributed by atoms with E-state index in [1.165, 1.54) is 7.11 Å². The van der Waals surface area contributed by atoms with Gasteiger partial charge in [-0.15, -0.1) is 0 Å². The number of amides is 2. The molecule has 0 aromatic carbocycles. The van der Waals surface area contributed by atoms with Crippen molar-refractivity contribution in [3.8, 4) is 0 Å². The fourth-order valence-corrected chi connectivity index (χ4v) is 3.20. The molecule has 0 radical (unpaired) electrons. The zero-order valence-electron chi connectivity index (χ0n) is 13.3. The molecule has 0 bridgehead atoms. The van der Waals surface area contributed by atoms with Gasteiger partial charge in [0, 0.05) is 39.1 Å². The van der Waals surface area contributed by atoms with Crippen LogP contribution in [0.3, 0.4) is 0 Å². The minimum absolute atomic E-state index is 0.00730. The van der Waals surface area contributed by atoms with Gasteiger partial charge in [-0.3, -0.25) is 4.79 Å². The van der Waals surface area contributed by atoms with Crippen LogP contribution in [0.15, 0.2) is 0 Å². The molecule has 2 fully saturated rings. The molecule has 1 atom stereocenters. The quantitative estimate of drug-likeness (QED) is 0.774. The van der Waals surface area contributed by atoms with Crippen LogP contribution in [0.2, 0.25) is 0 Å². The first-order valence-corrected chi connectivity index (χ1v) is 7.77. The van der Waals surface area contributed by atoms with Crippen LogP contribution < -0.4 is 0 Å². The van der Waals surface area contributed by atoms with Gasteiger partial charge in [0.2, 0.25) is 5.91 Å². The fraction of sp³-hybridized carbons (Fsp3) is 0.867. The molecular weight excluding hydrogens is 272 g/mol. The number of carbonyl (C=O) groups excluding carboxylic acids is 2. The molecule has 0 saturated carbocycles. The van der Waals surface area contributed by atoms with E-state index in [4.69, 9.17) is 9.47 Å². The van der Waals surface area contributed by atoms with Crippen molar-refractivity contribution in [1.29, 1.82) is 0 Å².